The van der Waals surface area contributed by atoms with Gasteiger partial charge in [-0.1, -0.05) is 18.6 Å². The van der Waals surface area contributed by atoms with Gasteiger partial charge in [0.2, 0.25) is 0 Å². The van der Waals surface area contributed by atoms with Gasteiger partial charge in [0.05, 0.1) is 0 Å². The Balaban J connectivity index is 2.51. The average Bonchev–Trinajstić information content (AvgIpc) is 2.34. The van der Waals surface area contributed by atoms with Crippen LogP contribution in [0.25, 0.3) is 6.08 Å². The predicted molar refractivity (Wildman–Crippen MR) is 51.0 cm³/mol. The maximum absolute atomic E-state index is 2.31. The van der Waals surface area contributed by atoms with E-state index in [-0.39, 0.29) is 0 Å². The van der Waals surface area contributed by atoms with Crippen molar-refractivity contribution in [2.45, 2.75) is 26.2 Å². The molecule has 1 heteroatoms. The molecular weight excluding hydrogens is 152 g/mol. The van der Waals surface area contributed by atoms with Gasteiger partial charge in [-0.05, 0) is 36.3 Å². The Kier molecular flexibility index (Phi) is 1.61. The molecule has 1 aliphatic rings. The molecule has 0 aromatic carbocycles. The smallest absolute Gasteiger partial charge is 0.0149 e. The van der Waals surface area contributed by atoms with Crippen molar-refractivity contribution in [3.63, 3.8) is 0 Å². The van der Waals surface area contributed by atoms with Crippen LogP contribution in [0.3, 0.4) is 0 Å². The maximum atomic E-state index is 2.31. The third-order valence-electron chi connectivity index (χ3n) is 2.20. The van der Waals surface area contributed by atoms with E-state index in [0.29, 0.717) is 0 Å². The van der Waals surface area contributed by atoms with Crippen molar-refractivity contribution in [3.8, 4) is 0 Å². The fourth-order valence-electron chi connectivity index (χ4n) is 1.75. The van der Waals surface area contributed by atoms with E-state index in [1.807, 2.05) is 11.3 Å². The first-order chi connectivity index (χ1) is 5.27. The lowest BCUT2D eigenvalue weighted by atomic mass is 9.92. The Hall–Kier alpha value is -0.560. The van der Waals surface area contributed by atoms with Crippen LogP contribution in [0.15, 0.2) is 17.0 Å². The van der Waals surface area contributed by atoms with Gasteiger partial charge < -0.3 is 0 Å². The molecule has 0 saturated heterocycles. The maximum Gasteiger partial charge on any atom is 0.0149 e. The van der Waals surface area contributed by atoms with Crippen LogP contribution in [0.5, 0.6) is 0 Å². The number of fused-ring (bicyclic) bond motifs is 1. The molecule has 0 spiro atoms. The van der Waals surface area contributed by atoms with E-state index in [1.54, 1.807) is 4.88 Å². The molecule has 0 saturated carbocycles. The fourth-order valence-corrected chi connectivity index (χ4v) is 2.69. The number of hydrogen-bond donors (Lipinski definition) is 0. The molecule has 1 aromatic rings. The molecule has 0 N–H and O–H groups in total. The molecule has 58 valence electrons. The van der Waals surface area contributed by atoms with Crippen molar-refractivity contribution in [2.75, 3.05) is 0 Å². The summed E-state index contributed by atoms with van der Waals surface area (Å²) < 4.78 is 0. The summed E-state index contributed by atoms with van der Waals surface area (Å²) in [6, 6.07) is 2.22. The van der Waals surface area contributed by atoms with Gasteiger partial charge in [0.25, 0.3) is 0 Å². The molecule has 1 aromatic heterocycles. The van der Waals surface area contributed by atoms with E-state index in [1.165, 1.54) is 17.6 Å². The molecule has 11 heavy (non-hydrogen) atoms. The Morgan fingerprint density at radius 3 is 3.18 bits per heavy atom. The highest BCUT2D eigenvalue weighted by molar-refractivity contribution is 7.10. The summed E-state index contributed by atoms with van der Waals surface area (Å²) in [5.41, 5.74) is 2.97. The normalized spacial score (nSPS) is 22.7. The summed E-state index contributed by atoms with van der Waals surface area (Å²) in [6.07, 6.45) is 3.55. The molecule has 0 fully saturated rings. The van der Waals surface area contributed by atoms with E-state index in [0.717, 1.165) is 5.92 Å². The third-order valence-corrected chi connectivity index (χ3v) is 3.37. The standard InChI is InChI=1S/C10H12S/c1-7-5-8(2)10-9(6-7)3-4-11-10/h3-4,6,8H,5H2,1-2H3. The summed E-state index contributed by atoms with van der Waals surface area (Å²) in [6.45, 7) is 4.53. The first-order valence-corrected chi connectivity index (χ1v) is 4.90. The lowest BCUT2D eigenvalue weighted by molar-refractivity contribution is 0.758. The van der Waals surface area contributed by atoms with E-state index in [4.69, 9.17) is 0 Å². The number of allylic oxidation sites excluding steroid dienone is 1. The Morgan fingerprint density at radius 1 is 1.55 bits per heavy atom. The van der Waals surface area contributed by atoms with Crippen LogP contribution >= 0.6 is 11.3 Å². The quantitative estimate of drug-likeness (QED) is 0.549. The van der Waals surface area contributed by atoms with Crippen LogP contribution in [-0.4, -0.2) is 0 Å². The second-order valence-electron chi connectivity index (χ2n) is 3.34. The summed E-state index contributed by atoms with van der Waals surface area (Å²) in [7, 11) is 0. The molecular formula is C10H12S. The molecule has 1 atom stereocenters. The van der Waals surface area contributed by atoms with Crippen molar-refractivity contribution in [2.24, 2.45) is 0 Å². The van der Waals surface area contributed by atoms with Crippen LogP contribution in [-0.2, 0) is 0 Å². The summed E-state index contributed by atoms with van der Waals surface area (Å²) in [5, 5.41) is 2.19. The average molecular weight is 164 g/mol. The first-order valence-electron chi connectivity index (χ1n) is 4.02. The number of thiophene rings is 1. The third kappa shape index (κ3) is 1.14. The Morgan fingerprint density at radius 2 is 2.36 bits per heavy atom. The second kappa shape index (κ2) is 2.49. The molecule has 1 heterocycles. The number of rotatable bonds is 0. The molecule has 1 unspecified atom stereocenters. The fraction of sp³-hybridized carbons (Fsp3) is 0.400. The summed E-state index contributed by atoms with van der Waals surface area (Å²) >= 11 is 1.89. The minimum atomic E-state index is 0.745. The lowest BCUT2D eigenvalue weighted by Crippen LogP contribution is -1.98. The van der Waals surface area contributed by atoms with Gasteiger partial charge >= 0.3 is 0 Å². The zero-order valence-corrected chi connectivity index (χ0v) is 7.74. The van der Waals surface area contributed by atoms with Crippen LogP contribution in [0, 0.1) is 0 Å². The van der Waals surface area contributed by atoms with Crippen molar-refractivity contribution in [1.29, 1.82) is 0 Å². The lowest BCUT2D eigenvalue weighted by Gasteiger charge is -2.16. The van der Waals surface area contributed by atoms with Crippen molar-refractivity contribution >= 4 is 17.4 Å². The van der Waals surface area contributed by atoms with Crippen LogP contribution in [0.4, 0.5) is 0 Å². The van der Waals surface area contributed by atoms with Gasteiger partial charge in [-0.15, -0.1) is 11.3 Å². The van der Waals surface area contributed by atoms with Gasteiger partial charge in [0.15, 0.2) is 0 Å². The SMILES string of the molecule is CC1=Cc2ccsc2C(C)C1. The van der Waals surface area contributed by atoms with E-state index < -0.39 is 0 Å². The van der Waals surface area contributed by atoms with Gasteiger partial charge in [0.1, 0.15) is 0 Å². The first kappa shape index (κ1) is 7.11. The molecule has 0 radical (unpaired) electrons. The van der Waals surface area contributed by atoms with E-state index >= 15 is 0 Å². The Labute approximate surface area is 71.6 Å². The number of hydrogen-bond acceptors (Lipinski definition) is 1. The largest absolute Gasteiger partial charge is 0.148 e. The van der Waals surface area contributed by atoms with Crippen molar-refractivity contribution in [3.05, 3.63) is 27.5 Å². The van der Waals surface area contributed by atoms with Crippen LogP contribution in [0.1, 0.15) is 36.6 Å². The molecule has 0 aliphatic heterocycles. The monoisotopic (exact) mass is 164 g/mol. The highest BCUT2D eigenvalue weighted by Gasteiger charge is 2.15. The summed E-state index contributed by atoms with van der Waals surface area (Å²) in [4.78, 5) is 1.57. The highest BCUT2D eigenvalue weighted by Crippen LogP contribution is 2.36. The van der Waals surface area contributed by atoms with Gasteiger partial charge in [0, 0.05) is 4.88 Å². The summed E-state index contributed by atoms with van der Waals surface area (Å²) in [5.74, 6) is 0.745. The van der Waals surface area contributed by atoms with Crippen molar-refractivity contribution in [1.82, 2.24) is 0 Å². The topological polar surface area (TPSA) is 0 Å². The van der Waals surface area contributed by atoms with Gasteiger partial charge in [-0.25, -0.2) is 0 Å². The molecule has 0 nitrogen and oxygen atoms in total. The Bertz CT molecular complexity index is 294. The zero-order valence-electron chi connectivity index (χ0n) is 6.92. The van der Waals surface area contributed by atoms with Crippen molar-refractivity contribution < 1.29 is 0 Å². The van der Waals surface area contributed by atoms with E-state index in [2.05, 4.69) is 31.4 Å². The predicted octanol–water partition coefficient (Wildman–Crippen LogP) is 3.66. The molecule has 0 bridgehead atoms. The second-order valence-corrected chi connectivity index (χ2v) is 4.28. The van der Waals surface area contributed by atoms with E-state index in [9.17, 15) is 0 Å². The van der Waals surface area contributed by atoms with Gasteiger partial charge in [-0.2, -0.15) is 0 Å². The minimum Gasteiger partial charge on any atom is -0.148 e. The molecule has 1 aliphatic carbocycles. The van der Waals surface area contributed by atoms with Gasteiger partial charge in [-0.3, -0.25) is 0 Å². The zero-order chi connectivity index (χ0) is 7.84. The molecule has 2 rings (SSSR count). The highest BCUT2D eigenvalue weighted by atomic mass is 32.1. The molecule has 0 amide bonds. The van der Waals surface area contributed by atoms with Crippen LogP contribution < -0.4 is 0 Å². The minimum absolute atomic E-state index is 0.745. The van der Waals surface area contributed by atoms with Crippen LogP contribution in [0.2, 0.25) is 0 Å².